The molecular formula is C17H12Cl2FN. The number of hydrogen-bond donors (Lipinski definition) is 0. The van der Waals surface area contributed by atoms with Gasteiger partial charge in [0.25, 0.3) is 0 Å². The summed E-state index contributed by atoms with van der Waals surface area (Å²) in [5.74, 6) is -0.386. The van der Waals surface area contributed by atoms with E-state index in [1.165, 1.54) is 6.07 Å². The molecule has 1 aromatic heterocycles. The van der Waals surface area contributed by atoms with Gasteiger partial charge in [-0.3, -0.25) is 4.98 Å². The van der Waals surface area contributed by atoms with E-state index >= 15 is 0 Å². The van der Waals surface area contributed by atoms with E-state index < -0.39 is 5.38 Å². The summed E-state index contributed by atoms with van der Waals surface area (Å²) >= 11 is 12.4. The second-order valence-corrected chi connectivity index (χ2v) is 5.74. The minimum absolute atomic E-state index is 0.329. The standard InChI is InChI=1S/C17H12Cl2FN/c18-13-5-3-6-15(20)17(13)14(19)10-12-9-8-11-4-1-2-7-16(11)21-12/h1-9,14H,10H2. The summed E-state index contributed by atoms with van der Waals surface area (Å²) in [4.78, 5) is 4.55. The predicted molar refractivity (Wildman–Crippen MR) is 85.5 cm³/mol. The van der Waals surface area contributed by atoms with Crippen LogP contribution in [0.25, 0.3) is 10.9 Å². The fourth-order valence-electron chi connectivity index (χ4n) is 2.32. The van der Waals surface area contributed by atoms with Crippen molar-refractivity contribution in [3.05, 3.63) is 76.7 Å². The minimum atomic E-state index is -0.549. The fourth-order valence-corrected chi connectivity index (χ4v) is 3.05. The Kier molecular flexibility index (Phi) is 4.09. The van der Waals surface area contributed by atoms with Crippen LogP contribution in [0.2, 0.25) is 5.02 Å². The van der Waals surface area contributed by atoms with E-state index in [1.807, 2.05) is 36.4 Å². The summed E-state index contributed by atoms with van der Waals surface area (Å²) in [5, 5.41) is 0.861. The van der Waals surface area contributed by atoms with Crippen molar-refractivity contribution in [1.29, 1.82) is 0 Å². The molecule has 0 aliphatic heterocycles. The molecule has 0 saturated heterocycles. The molecule has 0 radical (unpaired) electrons. The summed E-state index contributed by atoms with van der Waals surface area (Å²) in [6, 6.07) is 16.3. The Morgan fingerprint density at radius 1 is 1.00 bits per heavy atom. The van der Waals surface area contributed by atoms with Crippen LogP contribution in [0.5, 0.6) is 0 Å². The number of fused-ring (bicyclic) bond motifs is 1. The number of aromatic nitrogens is 1. The smallest absolute Gasteiger partial charge is 0.129 e. The van der Waals surface area contributed by atoms with E-state index in [-0.39, 0.29) is 5.82 Å². The topological polar surface area (TPSA) is 12.9 Å². The highest BCUT2D eigenvalue weighted by atomic mass is 35.5. The van der Waals surface area contributed by atoms with Gasteiger partial charge in [-0.15, -0.1) is 11.6 Å². The van der Waals surface area contributed by atoms with E-state index in [2.05, 4.69) is 4.98 Å². The van der Waals surface area contributed by atoms with E-state index in [9.17, 15) is 4.39 Å². The average molecular weight is 320 g/mol. The van der Waals surface area contributed by atoms with Crippen molar-refractivity contribution < 1.29 is 4.39 Å². The summed E-state index contributed by atoms with van der Waals surface area (Å²) in [6.07, 6.45) is 0.424. The van der Waals surface area contributed by atoms with Crippen LogP contribution in [0, 0.1) is 5.82 Å². The van der Waals surface area contributed by atoms with Gasteiger partial charge in [0.1, 0.15) is 5.82 Å². The molecule has 2 aromatic carbocycles. The fraction of sp³-hybridized carbons (Fsp3) is 0.118. The van der Waals surface area contributed by atoms with Crippen LogP contribution in [0.4, 0.5) is 4.39 Å². The zero-order valence-electron chi connectivity index (χ0n) is 11.1. The molecule has 0 amide bonds. The number of benzene rings is 2. The van der Waals surface area contributed by atoms with Gasteiger partial charge in [-0.25, -0.2) is 4.39 Å². The largest absolute Gasteiger partial charge is 0.253 e. The lowest BCUT2D eigenvalue weighted by atomic mass is 10.1. The first-order chi connectivity index (χ1) is 10.1. The van der Waals surface area contributed by atoms with Crippen molar-refractivity contribution in [2.75, 3.05) is 0 Å². The molecule has 0 aliphatic rings. The highest BCUT2D eigenvalue weighted by molar-refractivity contribution is 6.32. The van der Waals surface area contributed by atoms with E-state index in [4.69, 9.17) is 23.2 Å². The SMILES string of the molecule is Fc1cccc(Cl)c1C(Cl)Cc1ccc2ccccc2n1. The van der Waals surface area contributed by atoms with Gasteiger partial charge in [-0.2, -0.15) is 0 Å². The zero-order chi connectivity index (χ0) is 14.8. The molecule has 21 heavy (non-hydrogen) atoms. The molecule has 3 aromatic rings. The molecule has 1 heterocycles. The van der Waals surface area contributed by atoms with Crippen molar-refractivity contribution in [3.8, 4) is 0 Å². The van der Waals surface area contributed by atoms with Crippen LogP contribution in [0.1, 0.15) is 16.6 Å². The second-order valence-electron chi connectivity index (χ2n) is 4.80. The molecule has 0 saturated carbocycles. The van der Waals surface area contributed by atoms with Crippen molar-refractivity contribution in [3.63, 3.8) is 0 Å². The Morgan fingerprint density at radius 3 is 2.62 bits per heavy atom. The maximum atomic E-state index is 13.9. The van der Waals surface area contributed by atoms with Crippen LogP contribution in [-0.2, 0) is 6.42 Å². The summed E-state index contributed by atoms with van der Waals surface area (Å²) < 4.78 is 13.9. The number of nitrogens with zero attached hydrogens (tertiary/aromatic N) is 1. The van der Waals surface area contributed by atoms with Crippen molar-refractivity contribution in [1.82, 2.24) is 4.98 Å². The lowest BCUT2D eigenvalue weighted by Gasteiger charge is -2.12. The first kappa shape index (κ1) is 14.3. The van der Waals surface area contributed by atoms with Crippen LogP contribution in [0.3, 0.4) is 0 Å². The Hall–Kier alpha value is -1.64. The predicted octanol–water partition coefficient (Wildman–Crippen LogP) is 5.55. The Bertz CT molecular complexity index is 768. The zero-order valence-corrected chi connectivity index (χ0v) is 12.6. The minimum Gasteiger partial charge on any atom is -0.253 e. The first-order valence-corrected chi connectivity index (χ1v) is 7.39. The van der Waals surface area contributed by atoms with Crippen molar-refractivity contribution in [2.45, 2.75) is 11.8 Å². The summed E-state index contributed by atoms with van der Waals surface area (Å²) in [6.45, 7) is 0. The van der Waals surface area contributed by atoms with Crippen LogP contribution in [-0.4, -0.2) is 4.98 Å². The number of alkyl halides is 1. The maximum absolute atomic E-state index is 13.9. The van der Waals surface area contributed by atoms with Crippen molar-refractivity contribution in [2.24, 2.45) is 0 Å². The van der Waals surface area contributed by atoms with Crippen LogP contribution in [0.15, 0.2) is 54.6 Å². The van der Waals surface area contributed by atoms with Gasteiger partial charge in [0.2, 0.25) is 0 Å². The molecule has 1 atom stereocenters. The summed E-state index contributed by atoms with van der Waals surface area (Å²) in [5.41, 5.74) is 2.04. The van der Waals surface area contributed by atoms with Gasteiger partial charge in [0, 0.05) is 28.1 Å². The monoisotopic (exact) mass is 319 g/mol. The van der Waals surface area contributed by atoms with Gasteiger partial charge < -0.3 is 0 Å². The molecule has 1 unspecified atom stereocenters. The molecule has 106 valence electrons. The quantitative estimate of drug-likeness (QED) is 0.577. The molecule has 0 aliphatic carbocycles. The molecule has 3 rings (SSSR count). The highest BCUT2D eigenvalue weighted by Crippen LogP contribution is 2.32. The van der Waals surface area contributed by atoms with E-state index in [0.717, 1.165) is 16.6 Å². The van der Waals surface area contributed by atoms with Crippen LogP contribution >= 0.6 is 23.2 Å². The van der Waals surface area contributed by atoms with Gasteiger partial charge >= 0.3 is 0 Å². The Morgan fingerprint density at radius 2 is 1.81 bits per heavy atom. The lowest BCUT2D eigenvalue weighted by Crippen LogP contribution is -2.02. The molecule has 1 nitrogen and oxygen atoms in total. The first-order valence-electron chi connectivity index (χ1n) is 6.58. The molecular weight excluding hydrogens is 308 g/mol. The molecule has 0 bridgehead atoms. The molecule has 4 heteroatoms. The number of para-hydroxylation sites is 1. The number of pyridine rings is 1. The van der Waals surface area contributed by atoms with Gasteiger partial charge in [0.15, 0.2) is 0 Å². The number of halogens is 3. The highest BCUT2D eigenvalue weighted by Gasteiger charge is 2.17. The maximum Gasteiger partial charge on any atom is 0.129 e. The van der Waals surface area contributed by atoms with Gasteiger partial charge in [0.05, 0.1) is 10.9 Å². The van der Waals surface area contributed by atoms with E-state index in [1.54, 1.807) is 12.1 Å². The third-order valence-corrected chi connectivity index (χ3v) is 4.06. The second kappa shape index (κ2) is 6.00. The average Bonchev–Trinajstić information content (AvgIpc) is 2.47. The molecule has 0 spiro atoms. The Balaban J connectivity index is 1.91. The summed E-state index contributed by atoms with van der Waals surface area (Å²) in [7, 11) is 0. The Labute approximate surface area is 132 Å². The third-order valence-electron chi connectivity index (χ3n) is 3.36. The lowest BCUT2D eigenvalue weighted by molar-refractivity contribution is 0.605. The van der Waals surface area contributed by atoms with Crippen LogP contribution < -0.4 is 0 Å². The molecule has 0 N–H and O–H groups in total. The van der Waals surface area contributed by atoms with Crippen molar-refractivity contribution >= 4 is 34.1 Å². The van der Waals surface area contributed by atoms with Gasteiger partial charge in [-0.05, 0) is 24.3 Å². The number of rotatable bonds is 3. The van der Waals surface area contributed by atoms with Gasteiger partial charge in [-0.1, -0.05) is 41.9 Å². The normalized spacial score (nSPS) is 12.5. The third kappa shape index (κ3) is 3.02. The number of hydrogen-bond acceptors (Lipinski definition) is 1. The van der Waals surface area contributed by atoms with E-state index in [0.29, 0.717) is 17.0 Å². The molecule has 0 fully saturated rings.